The van der Waals surface area contributed by atoms with E-state index in [0.717, 1.165) is 11.1 Å². The number of benzene rings is 1. The van der Waals surface area contributed by atoms with Crippen LogP contribution in [0.2, 0.25) is 0 Å². The fourth-order valence-electron chi connectivity index (χ4n) is 2.56. The molecule has 0 spiro atoms. The Balaban J connectivity index is 2.62. The van der Waals surface area contributed by atoms with Gasteiger partial charge >= 0.3 is 11.9 Å². The first-order chi connectivity index (χ1) is 8.29. The molecule has 1 aromatic carbocycles. The second-order valence-electron chi connectivity index (χ2n) is 4.84. The highest BCUT2D eigenvalue weighted by molar-refractivity contribution is 6.00. The highest BCUT2D eigenvalue weighted by atomic mass is 16.4. The molecule has 18 heavy (non-hydrogen) atoms. The molecule has 96 valence electrons. The van der Waals surface area contributed by atoms with Crippen LogP contribution >= 0.6 is 0 Å². The van der Waals surface area contributed by atoms with E-state index < -0.39 is 17.4 Å². The van der Waals surface area contributed by atoms with Crippen molar-refractivity contribution in [1.29, 1.82) is 0 Å². The molecule has 2 rings (SSSR count). The van der Waals surface area contributed by atoms with Gasteiger partial charge < -0.3 is 15.3 Å². The molecule has 5 nitrogen and oxygen atoms in total. The van der Waals surface area contributed by atoms with Crippen LogP contribution in [0.1, 0.15) is 22.3 Å². The van der Waals surface area contributed by atoms with Crippen LogP contribution in [-0.2, 0) is 22.4 Å². The molecule has 0 aliphatic heterocycles. The molecule has 1 aromatic rings. The Morgan fingerprint density at radius 2 is 1.61 bits per heavy atom. The quantitative estimate of drug-likeness (QED) is 0.687. The van der Waals surface area contributed by atoms with Crippen LogP contribution < -0.4 is 0 Å². The Morgan fingerprint density at radius 1 is 1.11 bits per heavy atom. The third-order valence-corrected chi connectivity index (χ3v) is 3.81. The number of hydrogen-bond acceptors (Lipinski definition) is 3. The van der Waals surface area contributed by atoms with Gasteiger partial charge in [0.05, 0.1) is 0 Å². The summed E-state index contributed by atoms with van der Waals surface area (Å²) in [5, 5.41) is 28.1. The second kappa shape index (κ2) is 3.73. The van der Waals surface area contributed by atoms with E-state index in [9.17, 15) is 24.9 Å². The zero-order chi connectivity index (χ0) is 13.7. The van der Waals surface area contributed by atoms with Crippen molar-refractivity contribution in [3.63, 3.8) is 0 Å². The summed E-state index contributed by atoms with van der Waals surface area (Å²) in [6.07, 6.45) is -0.103. The van der Waals surface area contributed by atoms with E-state index in [0.29, 0.717) is 11.1 Å². The van der Waals surface area contributed by atoms with Crippen LogP contribution in [0.5, 0.6) is 5.75 Å². The van der Waals surface area contributed by atoms with Crippen molar-refractivity contribution in [3.05, 3.63) is 28.3 Å². The third kappa shape index (κ3) is 1.47. The van der Waals surface area contributed by atoms with Crippen molar-refractivity contribution in [2.24, 2.45) is 5.41 Å². The fourth-order valence-corrected chi connectivity index (χ4v) is 2.56. The molecule has 3 N–H and O–H groups in total. The van der Waals surface area contributed by atoms with Gasteiger partial charge in [0.15, 0.2) is 5.41 Å². The monoisotopic (exact) mass is 250 g/mol. The number of phenols is 1. The van der Waals surface area contributed by atoms with Crippen molar-refractivity contribution in [1.82, 2.24) is 0 Å². The predicted octanol–water partition coefficient (Wildman–Crippen LogP) is 1.26. The van der Waals surface area contributed by atoms with Crippen molar-refractivity contribution in [3.8, 4) is 5.75 Å². The summed E-state index contributed by atoms with van der Waals surface area (Å²) < 4.78 is 0. The minimum atomic E-state index is -1.80. The van der Waals surface area contributed by atoms with Crippen molar-refractivity contribution in [2.75, 3.05) is 0 Å². The van der Waals surface area contributed by atoms with E-state index in [1.165, 1.54) is 0 Å². The molecule has 0 bridgehead atoms. The number of aliphatic carboxylic acids is 2. The molecule has 0 aromatic heterocycles. The van der Waals surface area contributed by atoms with Gasteiger partial charge in [-0.1, -0.05) is 0 Å². The Bertz CT molecular complexity index is 545. The van der Waals surface area contributed by atoms with Crippen LogP contribution in [0.4, 0.5) is 0 Å². The Kier molecular flexibility index (Phi) is 2.57. The van der Waals surface area contributed by atoms with E-state index in [-0.39, 0.29) is 18.6 Å². The van der Waals surface area contributed by atoms with Crippen LogP contribution in [0.3, 0.4) is 0 Å². The van der Waals surface area contributed by atoms with Crippen LogP contribution in [-0.4, -0.2) is 27.3 Å². The SMILES string of the molecule is Cc1cc(O)c(C)c2c1CC(C(=O)O)(C(=O)O)C2. The number of carbonyl (C=O) groups is 2. The first kappa shape index (κ1) is 12.4. The van der Waals surface area contributed by atoms with Gasteiger partial charge in [0.2, 0.25) is 0 Å². The van der Waals surface area contributed by atoms with Gasteiger partial charge in [-0.15, -0.1) is 0 Å². The largest absolute Gasteiger partial charge is 0.508 e. The lowest BCUT2D eigenvalue weighted by Crippen LogP contribution is -2.40. The minimum Gasteiger partial charge on any atom is -0.508 e. The summed E-state index contributed by atoms with van der Waals surface area (Å²) in [7, 11) is 0. The van der Waals surface area contributed by atoms with Crippen LogP contribution in [0.15, 0.2) is 6.07 Å². The fraction of sp³-hybridized carbons (Fsp3) is 0.385. The number of carboxylic acids is 2. The third-order valence-electron chi connectivity index (χ3n) is 3.81. The first-order valence-electron chi connectivity index (χ1n) is 5.57. The number of aryl methyl sites for hydroxylation is 1. The second-order valence-corrected chi connectivity index (χ2v) is 4.84. The van der Waals surface area contributed by atoms with E-state index in [1.807, 2.05) is 0 Å². The van der Waals surface area contributed by atoms with Crippen LogP contribution in [0, 0.1) is 19.3 Å². The van der Waals surface area contributed by atoms with Crippen molar-refractivity contribution in [2.45, 2.75) is 26.7 Å². The summed E-state index contributed by atoms with van der Waals surface area (Å²) in [5.41, 5.74) is 0.885. The van der Waals surface area contributed by atoms with E-state index >= 15 is 0 Å². The topological polar surface area (TPSA) is 94.8 Å². The Hall–Kier alpha value is -2.04. The van der Waals surface area contributed by atoms with Crippen molar-refractivity contribution >= 4 is 11.9 Å². The Morgan fingerprint density at radius 3 is 2.11 bits per heavy atom. The number of fused-ring (bicyclic) bond motifs is 1. The molecule has 0 amide bonds. The Labute approximate surface area is 104 Å². The minimum absolute atomic E-state index is 0.0278. The van der Waals surface area contributed by atoms with Gasteiger partial charge in [0, 0.05) is 12.8 Å². The molecule has 1 aliphatic rings. The van der Waals surface area contributed by atoms with Gasteiger partial charge in [-0.25, -0.2) is 0 Å². The maximum absolute atomic E-state index is 11.3. The van der Waals surface area contributed by atoms with Crippen LogP contribution in [0.25, 0.3) is 0 Å². The van der Waals surface area contributed by atoms with Gasteiger partial charge in [-0.2, -0.15) is 0 Å². The summed E-state index contributed by atoms with van der Waals surface area (Å²) in [6, 6.07) is 1.55. The smallest absolute Gasteiger partial charge is 0.321 e. The maximum atomic E-state index is 11.3. The highest BCUT2D eigenvalue weighted by Crippen LogP contribution is 2.43. The number of aromatic hydroxyl groups is 1. The molecule has 1 aliphatic carbocycles. The zero-order valence-corrected chi connectivity index (χ0v) is 10.1. The molecule has 0 atom stereocenters. The molecular weight excluding hydrogens is 236 g/mol. The summed E-state index contributed by atoms with van der Waals surface area (Å²) >= 11 is 0. The van der Waals surface area contributed by atoms with Gasteiger partial charge in [0.1, 0.15) is 5.75 Å². The van der Waals surface area contributed by atoms with Gasteiger partial charge in [-0.05, 0) is 42.2 Å². The summed E-state index contributed by atoms with van der Waals surface area (Å²) in [5.74, 6) is -2.58. The van der Waals surface area contributed by atoms with Crippen molar-refractivity contribution < 1.29 is 24.9 Å². The summed E-state index contributed by atoms with van der Waals surface area (Å²) in [4.78, 5) is 22.6. The molecule has 0 fully saturated rings. The number of carboxylic acid groups (broad SMARTS) is 2. The molecule has 0 saturated carbocycles. The zero-order valence-electron chi connectivity index (χ0n) is 10.1. The normalized spacial score (nSPS) is 16.3. The standard InChI is InChI=1S/C13H14O5/c1-6-3-10(14)7(2)9-5-13(11(15)16,12(17)18)4-8(6)9/h3,14H,4-5H2,1-2H3,(H,15,16)(H,17,18). The van der Waals surface area contributed by atoms with E-state index in [1.54, 1.807) is 19.9 Å². The molecule has 0 radical (unpaired) electrons. The lowest BCUT2D eigenvalue weighted by atomic mass is 9.84. The molecule has 0 heterocycles. The molecule has 5 heteroatoms. The number of rotatable bonds is 2. The number of hydrogen-bond donors (Lipinski definition) is 3. The highest BCUT2D eigenvalue weighted by Gasteiger charge is 2.52. The average molecular weight is 250 g/mol. The number of phenolic OH excluding ortho intramolecular Hbond substituents is 1. The lowest BCUT2D eigenvalue weighted by molar-refractivity contribution is -0.163. The van der Waals surface area contributed by atoms with Gasteiger partial charge in [0.25, 0.3) is 0 Å². The maximum Gasteiger partial charge on any atom is 0.321 e. The predicted molar refractivity (Wildman–Crippen MR) is 62.7 cm³/mol. The molecule has 0 unspecified atom stereocenters. The molecule has 0 saturated heterocycles. The van der Waals surface area contributed by atoms with E-state index in [4.69, 9.17) is 0 Å². The average Bonchev–Trinajstić information content (AvgIpc) is 2.68. The molecular formula is C13H14O5. The summed E-state index contributed by atoms with van der Waals surface area (Å²) in [6.45, 7) is 3.42. The van der Waals surface area contributed by atoms with Gasteiger partial charge in [-0.3, -0.25) is 9.59 Å². The van der Waals surface area contributed by atoms with E-state index in [2.05, 4.69) is 0 Å². The lowest BCUT2D eigenvalue weighted by Gasteiger charge is -2.17. The first-order valence-corrected chi connectivity index (χ1v) is 5.57.